The molecule has 3 heterocycles. The summed E-state index contributed by atoms with van der Waals surface area (Å²) in [4.78, 5) is 33.1. The molecule has 138 valence electrons. The predicted octanol–water partition coefficient (Wildman–Crippen LogP) is 1.26. The Morgan fingerprint density at radius 3 is 2.93 bits per heavy atom. The Morgan fingerprint density at radius 2 is 2.15 bits per heavy atom. The van der Waals surface area contributed by atoms with Crippen LogP contribution in [0.5, 0.6) is 5.75 Å². The molecular weight excluding hydrogens is 350 g/mol. The zero-order valence-corrected chi connectivity index (χ0v) is 14.5. The molecule has 1 atom stereocenters. The van der Waals surface area contributed by atoms with Crippen LogP contribution in [0.3, 0.4) is 0 Å². The largest absolute Gasteiger partial charge is 0.494 e. The van der Waals surface area contributed by atoms with E-state index >= 15 is 0 Å². The van der Waals surface area contributed by atoms with Gasteiger partial charge in [0.15, 0.2) is 0 Å². The molecule has 4 rings (SSSR count). The highest BCUT2D eigenvalue weighted by atomic mass is 16.5. The van der Waals surface area contributed by atoms with Gasteiger partial charge in [0, 0.05) is 12.6 Å². The van der Waals surface area contributed by atoms with Crippen LogP contribution in [0.1, 0.15) is 21.7 Å². The molecular formula is C18H17N5O4. The van der Waals surface area contributed by atoms with Gasteiger partial charge in [-0.1, -0.05) is 12.1 Å². The van der Waals surface area contributed by atoms with Crippen molar-refractivity contribution >= 4 is 11.9 Å². The van der Waals surface area contributed by atoms with Crippen molar-refractivity contribution in [2.75, 3.05) is 7.11 Å². The van der Waals surface area contributed by atoms with E-state index in [2.05, 4.69) is 15.1 Å². The highest BCUT2D eigenvalue weighted by molar-refractivity contribution is 5.96. The number of rotatable bonds is 4. The Balaban J connectivity index is 1.65. The van der Waals surface area contributed by atoms with Crippen LogP contribution in [0, 0.1) is 0 Å². The molecule has 0 saturated carbocycles. The number of carbonyl (C=O) groups is 2. The molecule has 3 aromatic rings. The first-order chi connectivity index (χ1) is 13.1. The van der Waals surface area contributed by atoms with Crippen LogP contribution in [0.4, 0.5) is 0 Å². The number of methoxy groups -OCH3 is 1. The third-order valence-electron chi connectivity index (χ3n) is 4.61. The van der Waals surface area contributed by atoms with Crippen LogP contribution >= 0.6 is 0 Å². The number of aromatic amines is 1. The lowest BCUT2D eigenvalue weighted by Gasteiger charge is -2.32. The van der Waals surface area contributed by atoms with Crippen molar-refractivity contribution < 1.29 is 19.4 Å². The molecule has 0 saturated heterocycles. The quantitative estimate of drug-likeness (QED) is 0.718. The van der Waals surface area contributed by atoms with Gasteiger partial charge in [0.2, 0.25) is 0 Å². The first-order valence-corrected chi connectivity index (χ1v) is 8.31. The minimum absolute atomic E-state index is 0.158. The summed E-state index contributed by atoms with van der Waals surface area (Å²) in [5.41, 5.74) is 2.41. The summed E-state index contributed by atoms with van der Waals surface area (Å²) in [5, 5.41) is 13.8. The van der Waals surface area contributed by atoms with E-state index < -0.39 is 17.9 Å². The molecule has 0 aliphatic carbocycles. The molecule has 1 aliphatic heterocycles. The van der Waals surface area contributed by atoms with Gasteiger partial charge < -0.3 is 19.7 Å². The van der Waals surface area contributed by atoms with Gasteiger partial charge in [-0.05, 0) is 12.1 Å². The monoisotopic (exact) mass is 367 g/mol. The summed E-state index contributed by atoms with van der Waals surface area (Å²) in [5.74, 6) is -0.846. The molecule has 0 unspecified atom stereocenters. The predicted molar refractivity (Wildman–Crippen MR) is 93.7 cm³/mol. The second-order valence-electron chi connectivity index (χ2n) is 6.16. The SMILES string of the molecule is COc1ccccc1-n1cc(C(=O)N2Cc3[nH]cnc3C[C@@H]2C(=O)O)cn1. The molecule has 2 N–H and O–H groups in total. The number of nitrogens with one attached hydrogen (secondary N) is 1. The van der Waals surface area contributed by atoms with Crippen molar-refractivity contribution in [3.05, 3.63) is 59.9 Å². The first kappa shape index (κ1) is 16.8. The first-order valence-electron chi connectivity index (χ1n) is 8.31. The fourth-order valence-electron chi connectivity index (χ4n) is 3.22. The highest BCUT2D eigenvalue weighted by Crippen LogP contribution is 2.25. The number of benzene rings is 1. The third-order valence-corrected chi connectivity index (χ3v) is 4.61. The topological polar surface area (TPSA) is 113 Å². The fraction of sp³-hybridized carbons (Fsp3) is 0.222. The van der Waals surface area contributed by atoms with Crippen molar-refractivity contribution in [2.24, 2.45) is 0 Å². The van der Waals surface area contributed by atoms with Gasteiger partial charge >= 0.3 is 5.97 Å². The van der Waals surface area contributed by atoms with Gasteiger partial charge in [-0.25, -0.2) is 14.5 Å². The lowest BCUT2D eigenvalue weighted by atomic mass is 10.0. The Hall–Kier alpha value is -3.62. The molecule has 27 heavy (non-hydrogen) atoms. The van der Waals surface area contributed by atoms with Crippen LogP contribution in [-0.4, -0.2) is 54.8 Å². The number of amides is 1. The third kappa shape index (κ3) is 2.92. The summed E-state index contributed by atoms with van der Waals surface area (Å²) in [6.07, 6.45) is 4.68. The fourth-order valence-corrected chi connectivity index (χ4v) is 3.22. The minimum atomic E-state index is -1.06. The van der Waals surface area contributed by atoms with E-state index in [1.54, 1.807) is 19.4 Å². The van der Waals surface area contributed by atoms with Crippen LogP contribution in [0.25, 0.3) is 5.69 Å². The molecule has 9 heteroatoms. The van der Waals surface area contributed by atoms with Crippen molar-refractivity contribution in [1.29, 1.82) is 0 Å². The number of carbonyl (C=O) groups excluding carboxylic acids is 1. The zero-order valence-electron chi connectivity index (χ0n) is 14.5. The lowest BCUT2D eigenvalue weighted by Crippen LogP contribution is -2.48. The van der Waals surface area contributed by atoms with Crippen LogP contribution in [-0.2, 0) is 17.8 Å². The molecule has 0 bridgehead atoms. The number of para-hydroxylation sites is 2. The van der Waals surface area contributed by atoms with E-state index in [0.717, 1.165) is 5.69 Å². The number of hydrogen-bond donors (Lipinski definition) is 2. The number of ether oxygens (including phenoxy) is 1. The van der Waals surface area contributed by atoms with E-state index in [0.29, 0.717) is 22.7 Å². The number of carboxylic acids is 1. The lowest BCUT2D eigenvalue weighted by molar-refractivity contribution is -0.142. The second kappa shape index (κ2) is 6.60. The summed E-state index contributed by atoms with van der Waals surface area (Å²) in [6, 6.07) is 6.32. The van der Waals surface area contributed by atoms with Gasteiger partial charge in [0.25, 0.3) is 5.91 Å². The van der Waals surface area contributed by atoms with Crippen LogP contribution in [0.15, 0.2) is 43.0 Å². The number of aliphatic carboxylic acids is 1. The Kier molecular flexibility index (Phi) is 4.11. The number of nitrogens with zero attached hydrogens (tertiary/aromatic N) is 4. The van der Waals surface area contributed by atoms with Gasteiger partial charge in [-0.15, -0.1) is 0 Å². The maximum atomic E-state index is 13.0. The van der Waals surface area contributed by atoms with E-state index in [1.165, 1.54) is 22.1 Å². The average molecular weight is 367 g/mol. The number of imidazole rings is 1. The molecule has 9 nitrogen and oxygen atoms in total. The molecule has 1 aliphatic rings. The molecule has 0 radical (unpaired) electrons. The van der Waals surface area contributed by atoms with Crippen molar-refractivity contribution in [3.63, 3.8) is 0 Å². The molecule has 2 aromatic heterocycles. The summed E-state index contributed by atoms with van der Waals surface area (Å²) in [6.45, 7) is 0.158. The van der Waals surface area contributed by atoms with Crippen molar-refractivity contribution in [3.8, 4) is 11.4 Å². The zero-order chi connectivity index (χ0) is 19.0. The standard InChI is InChI=1S/C18H17N5O4/c1-27-16-5-3-2-4-14(16)23-8-11(7-21-23)17(24)22-9-13-12(19-10-20-13)6-15(22)18(25)26/h2-5,7-8,10,15H,6,9H2,1H3,(H,19,20)(H,25,26)/t15-/m1/s1. The van der Waals surface area contributed by atoms with Crippen molar-refractivity contribution in [2.45, 2.75) is 19.0 Å². The number of aromatic nitrogens is 4. The maximum Gasteiger partial charge on any atom is 0.326 e. The molecule has 0 spiro atoms. The number of hydrogen-bond acceptors (Lipinski definition) is 5. The maximum absolute atomic E-state index is 13.0. The molecule has 1 amide bonds. The number of H-pyrrole nitrogens is 1. The number of fused-ring (bicyclic) bond motifs is 1. The normalized spacial score (nSPS) is 16.0. The molecule has 0 fully saturated rings. The van der Waals surface area contributed by atoms with Gasteiger partial charge in [0.1, 0.15) is 17.5 Å². The summed E-state index contributed by atoms with van der Waals surface area (Å²) < 4.78 is 6.85. The Labute approximate surface area is 154 Å². The molecule has 1 aromatic carbocycles. The van der Waals surface area contributed by atoms with E-state index in [4.69, 9.17) is 4.74 Å². The Bertz CT molecular complexity index is 1010. The van der Waals surface area contributed by atoms with E-state index in [1.807, 2.05) is 18.2 Å². The van der Waals surface area contributed by atoms with E-state index in [9.17, 15) is 14.7 Å². The Morgan fingerprint density at radius 1 is 1.33 bits per heavy atom. The highest BCUT2D eigenvalue weighted by Gasteiger charge is 2.36. The average Bonchev–Trinajstić information content (AvgIpc) is 3.35. The number of carboxylic acid groups (broad SMARTS) is 1. The van der Waals surface area contributed by atoms with Gasteiger partial charge in [-0.3, -0.25) is 4.79 Å². The van der Waals surface area contributed by atoms with Crippen LogP contribution < -0.4 is 4.74 Å². The smallest absolute Gasteiger partial charge is 0.326 e. The van der Waals surface area contributed by atoms with Crippen LogP contribution in [0.2, 0.25) is 0 Å². The van der Waals surface area contributed by atoms with Gasteiger partial charge in [0.05, 0.1) is 43.1 Å². The van der Waals surface area contributed by atoms with Gasteiger partial charge in [-0.2, -0.15) is 5.10 Å². The van der Waals surface area contributed by atoms with Crippen molar-refractivity contribution in [1.82, 2.24) is 24.6 Å². The van der Waals surface area contributed by atoms with E-state index in [-0.39, 0.29) is 13.0 Å². The summed E-state index contributed by atoms with van der Waals surface area (Å²) >= 11 is 0. The second-order valence-corrected chi connectivity index (χ2v) is 6.16. The minimum Gasteiger partial charge on any atom is -0.494 e. The summed E-state index contributed by atoms with van der Waals surface area (Å²) in [7, 11) is 1.56.